The molecule has 0 rings (SSSR count). The zero-order valence-electron chi connectivity index (χ0n) is 5.46. The average Bonchev–Trinajstić information content (AvgIpc) is 1.64. The lowest BCUT2D eigenvalue weighted by atomic mass is 11.9. The van der Waals surface area contributed by atoms with Gasteiger partial charge in [0.2, 0.25) is 0 Å². The van der Waals surface area contributed by atoms with Gasteiger partial charge >= 0.3 is 10.4 Å². The van der Waals surface area contributed by atoms with Gasteiger partial charge in [-0.2, -0.15) is 8.42 Å². The molecule has 0 bridgehead atoms. The number of rotatable bonds is 4. The van der Waals surface area contributed by atoms with Crippen LogP contribution in [-0.4, -0.2) is 27.9 Å². The van der Waals surface area contributed by atoms with E-state index in [0.29, 0.717) is 0 Å². The maximum absolute atomic E-state index is 10.5. The Balaban J connectivity index is 3.73. The SMILES string of the molecule is C[SiH2]OS(=O)(=O)O[SiH2]C. The highest BCUT2D eigenvalue weighted by Gasteiger charge is 2.06. The van der Waals surface area contributed by atoms with Crippen molar-refractivity contribution in [3.05, 3.63) is 0 Å². The molecule has 0 aliphatic heterocycles. The van der Waals surface area contributed by atoms with E-state index in [2.05, 4.69) is 7.74 Å². The van der Waals surface area contributed by atoms with E-state index in [1.54, 1.807) is 13.1 Å². The van der Waals surface area contributed by atoms with Crippen LogP contribution in [-0.2, 0) is 18.1 Å². The molecular formula is C2H10O4SSi2. The van der Waals surface area contributed by atoms with E-state index in [-0.39, 0.29) is 0 Å². The molecule has 0 atom stereocenters. The molecule has 56 valence electrons. The van der Waals surface area contributed by atoms with Gasteiger partial charge in [0.1, 0.15) is 0 Å². The Kier molecular flexibility index (Phi) is 4.31. The average molecular weight is 186 g/mol. The van der Waals surface area contributed by atoms with Crippen LogP contribution >= 0.6 is 0 Å². The fraction of sp³-hybridized carbons (Fsp3) is 1.00. The Morgan fingerprint density at radius 3 is 1.67 bits per heavy atom. The van der Waals surface area contributed by atoms with E-state index in [4.69, 9.17) is 0 Å². The summed E-state index contributed by atoms with van der Waals surface area (Å²) in [6, 6.07) is 0. The minimum Gasteiger partial charge on any atom is -0.303 e. The predicted molar refractivity (Wildman–Crippen MR) is 39.9 cm³/mol. The lowest BCUT2D eigenvalue weighted by Crippen LogP contribution is -2.12. The van der Waals surface area contributed by atoms with Gasteiger partial charge in [0.25, 0.3) is 0 Å². The maximum Gasteiger partial charge on any atom is 0.379 e. The standard InChI is InChI=1S/C2H10O4SSi2/c1-8-5-7(3,4)6-9-2/h8-9H2,1-2H3. The quantitative estimate of drug-likeness (QED) is 0.503. The van der Waals surface area contributed by atoms with Gasteiger partial charge in [-0.15, -0.1) is 0 Å². The first-order chi connectivity index (χ1) is 4.12. The second-order valence-corrected chi connectivity index (χ2v) is 5.08. The van der Waals surface area contributed by atoms with Crippen molar-refractivity contribution >= 4 is 29.9 Å². The van der Waals surface area contributed by atoms with E-state index in [1.807, 2.05) is 0 Å². The zero-order chi connectivity index (χ0) is 7.33. The summed E-state index contributed by atoms with van der Waals surface area (Å²) in [5, 5.41) is 0. The summed E-state index contributed by atoms with van der Waals surface area (Å²) in [5.41, 5.74) is 0. The van der Waals surface area contributed by atoms with Gasteiger partial charge in [0, 0.05) is 0 Å². The summed E-state index contributed by atoms with van der Waals surface area (Å²) in [6.45, 7) is 3.47. The van der Waals surface area contributed by atoms with E-state index in [1.165, 1.54) is 0 Å². The molecule has 7 heteroatoms. The molecule has 0 aromatic carbocycles. The Morgan fingerprint density at radius 2 is 1.44 bits per heavy atom. The summed E-state index contributed by atoms with van der Waals surface area (Å²) < 4.78 is 29.7. The fourth-order valence-electron chi connectivity index (χ4n) is 0.323. The highest BCUT2D eigenvalue weighted by atomic mass is 32.3. The van der Waals surface area contributed by atoms with Gasteiger partial charge in [0.15, 0.2) is 19.5 Å². The molecule has 0 aliphatic carbocycles. The minimum atomic E-state index is -3.56. The van der Waals surface area contributed by atoms with Gasteiger partial charge < -0.3 is 7.74 Å². The third-order valence-electron chi connectivity index (χ3n) is 0.524. The Hall–Kier alpha value is 0.304. The highest BCUT2D eigenvalue weighted by molar-refractivity contribution is 7.83. The largest absolute Gasteiger partial charge is 0.379 e. The third-order valence-corrected chi connectivity index (χ3v) is 4.72. The van der Waals surface area contributed by atoms with Crippen molar-refractivity contribution in [2.75, 3.05) is 0 Å². The van der Waals surface area contributed by atoms with Crippen LogP contribution in [0.15, 0.2) is 0 Å². The first-order valence-electron chi connectivity index (χ1n) is 2.66. The maximum atomic E-state index is 10.5. The zero-order valence-corrected chi connectivity index (χ0v) is 9.10. The molecule has 0 amide bonds. The molecule has 9 heavy (non-hydrogen) atoms. The van der Waals surface area contributed by atoms with Crippen LogP contribution in [0.1, 0.15) is 0 Å². The smallest absolute Gasteiger partial charge is 0.303 e. The summed E-state index contributed by atoms with van der Waals surface area (Å²) >= 11 is 0. The fourth-order valence-corrected chi connectivity index (χ4v) is 3.52. The van der Waals surface area contributed by atoms with Gasteiger partial charge in [-0.3, -0.25) is 0 Å². The number of hydrogen-bond donors (Lipinski definition) is 0. The van der Waals surface area contributed by atoms with Crippen molar-refractivity contribution in [2.24, 2.45) is 0 Å². The molecule has 0 unspecified atom stereocenters. The first kappa shape index (κ1) is 9.30. The molecule has 0 saturated heterocycles. The van der Waals surface area contributed by atoms with Crippen molar-refractivity contribution in [3.63, 3.8) is 0 Å². The monoisotopic (exact) mass is 186 g/mol. The van der Waals surface area contributed by atoms with Crippen molar-refractivity contribution in [1.29, 1.82) is 0 Å². The topological polar surface area (TPSA) is 52.6 Å². The molecular weight excluding hydrogens is 176 g/mol. The van der Waals surface area contributed by atoms with Crippen LogP contribution in [0, 0.1) is 0 Å². The van der Waals surface area contributed by atoms with E-state index >= 15 is 0 Å². The van der Waals surface area contributed by atoms with Crippen LogP contribution in [0.3, 0.4) is 0 Å². The number of hydrogen-bond acceptors (Lipinski definition) is 4. The van der Waals surface area contributed by atoms with Crippen LogP contribution in [0.2, 0.25) is 13.1 Å². The summed E-state index contributed by atoms with van der Waals surface area (Å²) in [7, 11) is -5.36. The van der Waals surface area contributed by atoms with Crippen molar-refractivity contribution < 1.29 is 16.2 Å². The Morgan fingerprint density at radius 1 is 1.11 bits per heavy atom. The van der Waals surface area contributed by atoms with Crippen molar-refractivity contribution in [2.45, 2.75) is 13.1 Å². The molecule has 0 aromatic rings. The van der Waals surface area contributed by atoms with Crippen LogP contribution in [0.5, 0.6) is 0 Å². The first-order valence-corrected chi connectivity index (χ1v) is 7.97. The molecule has 0 spiro atoms. The highest BCUT2D eigenvalue weighted by Crippen LogP contribution is 1.90. The Labute approximate surface area is 59.8 Å². The van der Waals surface area contributed by atoms with E-state index in [0.717, 1.165) is 0 Å². The van der Waals surface area contributed by atoms with Crippen LogP contribution < -0.4 is 0 Å². The van der Waals surface area contributed by atoms with Gasteiger partial charge in [-0.25, -0.2) is 0 Å². The van der Waals surface area contributed by atoms with E-state index < -0.39 is 29.9 Å². The molecule has 0 radical (unpaired) electrons. The molecule has 0 aromatic heterocycles. The summed E-state index contributed by atoms with van der Waals surface area (Å²) in [4.78, 5) is 0. The molecule has 0 aliphatic rings. The van der Waals surface area contributed by atoms with Crippen molar-refractivity contribution in [3.8, 4) is 0 Å². The lowest BCUT2D eigenvalue weighted by molar-refractivity contribution is 0.412. The lowest BCUT2D eigenvalue weighted by Gasteiger charge is -1.99. The normalized spacial score (nSPS) is 14.4. The summed E-state index contributed by atoms with van der Waals surface area (Å²) in [6.07, 6.45) is 0. The second-order valence-electron chi connectivity index (χ2n) is 1.22. The predicted octanol–water partition coefficient (Wildman–Crippen LogP) is -1.47. The molecule has 4 nitrogen and oxygen atoms in total. The third kappa shape index (κ3) is 4.79. The van der Waals surface area contributed by atoms with E-state index in [9.17, 15) is 8.42 Å². The van der Waals surface area contributed by atoms with Gasteiger partial charge in [-0.1, -0.05) is 0 Å². The van der Waals surface area contributed by atoms with Crippen LogP contribution in [0.25, 0.3) is 0 Å². The summed E-state index contributed by atoms with van der Waals surface area (Å²) in [5.74, 6) is 0. The Bertz CT molecular complexity index is 140. The molecule has 0 heterocycles. The van der Waals surface area contributed by atoms with Crippen LogP contribution in [0.4, 0.5) is 0 Å². The molecule has 0 N–H and O–H groups in total. The van der Waals surface area contributed by atoms with Gasteiger partial charge in [0.05, 0.1) is 0 Å². The van der Waals surface area contributed by atoms with Crippen molar-refractivity contribution in [1.82, 2.24) is 0 Å². The second kappa shape index (κ2) is 4.17. The molecule has 0 fully saturated rings. The minimum absolute atomic E-state index is 0.901. The van der Waals surface area contributed by atoms with Gasteiger partial charge in [-0.05, 0) is 13.1 Å². The molecule has 0 saturated carbocycles.